The average Bonchev–Trinajstić information content (AvgIpc) is 2.81. The van der Waals surface area contributed by atoms with Crippen molar-refractivity contribution >= 4 is 5.91 Å². The molecule has 2 rings (SSSR count). The summed E-state index contributed by atoms with van der Waals surface area (Å²) in [5.74, 6) is 0.0815. The Morgan fingerprint density at radius 2 is 2.56 bits per heavy atom. The minimum Gasteiger partial charge on any atom is -0.350 e. The van der Waals surface area contributed by atoms with Crippen LogP contribution in [0.1, 0.15) is 25.0 Å². The zero-order chi connectivity index (χ0) is 11.2. The first kappa shape index (κ1) is 11.0. The van der Waals surface area contributed by atoms with Crippen LogP contribution < -0.4 is 10.6 Å². The maximum absolute atomic E-state index is 11.6. The van der Waals surface area contributed by atoms with Crippen molar-refractivity contribution < 1.29 is 4.79 Å². The number of carbonyl (C=O) groups excluding carboxylic acids is 1. The molecule has 1 amide bonds. The number of rotatable bonds is 4. The van der Waals surface area contributed by atoms with Gasteiger partial charge in [-0.05, 0) is 25.5 Å². The molecule has 1 aliphatic heterocycles. The Kier molecular flexibility index (Phi) is 3.82. The van der Waals surface area contributed by atoms with E-state index < -0.39 is 0 Å². The fraction of sp³-hybridized carbons (Fsp3) is 0.545. The molecule has 1 aromatic rings. The Labute approximate surface area is 94.7 Å². The molecule has 2 heterocycles. The molecule has 1 atom stereocenters. The summed E-state index contributed by atoms with van der Waals surface area (Å²) in [5, 5.41) is 6.16. The van der Waals surface area contributed by atoms with Gasteiger partial charge in [-0.3, -0.25) is 4.79 Å². The summed E-state index contributed by atoms with van der Waals surface area (Å²) in [6.07, 6.45) is 5.99. The Hall–Kier alpha value is -1.49. The molecule has 5 heteroatoms. The van der Waals surface area contributed by atoms with E-state index in [1.165, 1.54) is 12.7 Å². The molecule has 0 aromatic carbocycles. The van der Waals surface area contributed by atoms with Crippen LogP contribution in [0.15, 0.2) is 18.6 Å². The molecular weight excluding hydrogens is 204 g/mol. The van der Waals surface area contributed by atoms with E-state index in [1.54, 1.807) is 12.3 Å². The van der Waals surface area contributed by atoms with E-state index in [0.717, 1.165) is 18.7 Å². The second-order valence-corrected chi connectivity index (χ2v) is 3.97. The van der Waals surface area contributed by atoms with Gasteiger partial charge < -0.3 is 10.6 Å². The van der Waals surface area contributed by atoms with Crippen molar-refractivity contribution in [3.8, 4) is 0 Å². The van der Waals surface area contributed by atoms with Gasteiger partial charge in [0.2, 0.25) is 5.91 Å². The van der Waals surface area contributed by atoms with Crippen LogP contribution in [0, 0.1) is 0 Å². The lowest BCUT2D eigenvalue weighted by Gasteiger charge is -2.09. The van der Waals surface area contributed by atoms with Crippen LogP contribution in [0.5, 0.6) is 0 Å². The van der Waals surface area contributed by atoms with Gasteiger partial charge in [-0.25, -0.2) is 9.97 Å². The zero-order valence-corrected chi connectivity index (χ0v) is 9.15. The summed E-state index contributed by atoms with van der Waals surface area (Å²) in [5.41, 5.74) is 0.836. The number of hydrogen-bond donors (Lipinski definition) is 2. The second kappa shape index (κ2) is 5.55. The highest BCUT2D eigenvalue weighted by molar-refractivity contribution is 5.76. The van der Waals surface area contributed by atoms with E-state index in [1.807, 2.05) is 0 Å². The number of nitrogens with one attached hydrogen (secondary N) is 2. The Balaban J connectivity index is 1.71. The summed E-state index contributed by atoms with van der Waals surface area (Å²) in [6.45, 7) is 1.51. The minimum atomic E-state index is 0.0815. The summed E-state index contributed by atoms with van der Waals surface area (Å²) in [4.78, 5) is 19.4. The van der Waals surface area contributed by atoms with Gasteiger partial charge in [0.1, 0.15) is 6.33 Å². The predicted molar refractivity (Wildman–Crippen MR) is 59.5 cm³/mol. The van der Waals surface area contributed by atoms with Crippen LogP contribution in [0.2, 0.25) is 0 Å². The topological polar surface area (TPSA) is 66.9 Å². The maximum Gasteiger partial charge on any atom is 0.221 e. The number of nitrogens with zero attached hydrogens (tertiary/aromatic N) is 2. The highest BCUT2D eigenvalue weighted by atomic mass is 16.1. The van der Waals surface area contributed by atoms with Crippen molar-refractivity contribution in [3.05, 3.63) is 24.3 Å². The maximum atomic E-state index is 11.6. The summed E-state index contributed by atoms with van der Waals surface area (Å²) in [7, 11) is 0. The van der Waals surface area contributed by atoms with Gasteiger partial charge in [0.25, 0.3) is 0 Å². The van der Waals surface area contributed by atoms with Crippen molar-refractivity contribution in [1.29, 1.82) is 0 Å². The Morgan fingerprint density at radius 1 is 1.62 bits per heavy atom. The van der Waals surface area contributed by atoms with Gasteiger partial charge in [-0.2, -0.15) is 0 Å². The number of carbonyl (C=O) groups is 1. The summed E-state index contributed by atoms with van der Waals surface area (Å²) in [6, 6.07) is 2.15. The number of hydrogen-bond acceptors (Lipinski definition) is 4. The van der Waals surface area contributed by atoms with Crippen molar-refractivity contribution in [2.75, 3.05) is 6.54 Å². The lowest BCUT2D eigenvalue weighted by molar-refractivity contribution is -0.121. The third kappa shape index (κ3) is 3.27. The first-order chi connectivity index (χ1) is 7.84. The number of aromatic nitrogens is 2. The van der Waals surface area contributed by atoms with Gasteiger partial charge in [0.15, 0.2) is 0 Å². The minimum absolute atomic E-state index is 0.0815. The average molecular weight is 220 g/mol. The van der Waals surface area contributed by atoms with Crippen molar-refractivity contribution in [1.82, 2.24) is 20.6 Å². The summed E-state index contributed by atoms with van der Waals surface area (Å²) < 4.78 is 0. The molecule has 2 N–H and O–H groups in total. The quantitative estimate of drug-likeness (QED) is 0.762. The molecule has 0 bridgehead atoms. The van der Waals surface area contributed by atoms with Crippen molar-refractivity contribution in [2.45, 2.75) is 31.8 Å². The monoisotopic (exact) mass is 220 g/mol. The molecule has 86 valence electrons. The van der Waals surface area contributed by atoms with E-state index in [4.69, 9.17) is 0 Å². The van der Waals surface area contributed by atoms with Crippen molar-refractivity contribution in [2.24, 2.45) is 0 Å². The van der Waals surface area contributed by atoms with E-state index in [-0.39, 0.29) is 5.91 Å². The van der Waals surface area contributed by atoms with Gasteiger partial charge in [-0.1, -0.05) is 0 Å². The van der Waals surface area contributed by atoms with Crippen LogP contribution >= 0.6 is 0 Å². The fourth-order valence-electron chi connectivity index (χ4n) is 1.84. The molecule has 1 aromatic heterocycles. The molecular formula is C11H16N4O. The van der Waals surface area contributed by atoms with Gasteiger partial charge in [0, 0.05) is 18.7 Å². The van der Waals surface area contributed by atoms with Crippen LogP contribution in [0.3, 0.4) is 0 Å². The van der Waals surface area contributed by atoms with Gasteiger partial charge >= 0.3 is 0 Å². The van der Waals surface area contributed by atoms with Crippen LogP contribution in [-0.4, -0.2) is 28.5 Å². The van der Waals surface area contributed by atoms with E-state index in [9.17, 15) is 4.79 Å². The highest BCUT2D eigenvalue weighted by Gasteiger charge is 2.17. The predicted octanol–water partition coefficient (Wildman–Crippen LogP) is 0.235. The largest absolute Gasteiger partial charge is 0.350 e. The normalized spacial score (nSPS) is 19.6. The first-order valence-corrected chi connectivity index (χ1v) is 5.59. The molecule has 1 aliphatic rings. The Morgan fingerprint density at radius 3 is 3.25 bits per heavy atom. The summed E-state index contributed by atoms with van der Waals surface area (Å²) >= 11 is 0. The van der Waals surface area contributed by atoms with E-state index >= 15 is 0 Å². The van der Waals surface area contributed by atoms with E-state index in [2.05, 4.69) is 20.6 Å². The third-order valence-corrected chi connectivity index (χ3v) is 2.70. The molecule has 16 heavy (non-hydrogen) atoms. The Bertz CT molecular complexity index is 335. The zero-order valence-electron chi connectivity index (χ0n) is 9.15. The van der Waals surface area contributed by atoms with Gasteiger partial charge in [-0.15, -0.1) is 0 Å². The molecule has 0 spiro atoms. The molecule has 0 saturated carbocycles. The molecule has 0 radical (unpaired) electrons. The van der Waals surface area contributed by atoms with Gasteiger partial charge in [0.05, 0.1) is 12.2 Å². The SMILES string of the molecule is O=C(CC1CCCN1)NCc1ccncn1. The lowest BCUT2D eigenvalue weighted by Crippen LogP contribution is -2.31. The smallest absolute Gasteiger partial charge is 0.221 e. The lowest BCUT2D eigenvalue weighted by atomic mass is 10.1. The van der Waals surface area contributed by atoms with E-state index in [0.29, 0.717) is 19.0 Å². The number of amides is 1. The highest BCUT2D eigenvalue weighted by Crippen LogP contribution is 2.08. The van der Waals surface area contributed by atoms with Crippen molar-refractivity contribution in [3.63, 3.8) is 0 Å². The van der Waals surface area contributed by atoms with Crippen LogP contribution in [0.4, 0.5) is 0 Å². The third-order valence-electron chi connectivity index (χ3n) is 2.70. The fourth-order valence-corrected chi connectivity index (χ4v) is 1.84. The standard InChI is InChI=1S/C11H16N4O/c16-11(6-9-2-1-4-13-9)14-7-10-3-5-12-8-15-10/h3,5,8-9,13H,1-2,4,6-7H2,(H,14,16). The van der Waals surface area contributed by atoms with Crippen LogP contribution in [0.25, 0.3) is 0 Å². The first-order valence-electron chi connectivity index (χ1n) is 5.59. The molecule has 1 fully saturated rings. The molecule has 5 nitrogen and oxygen atoms in total. The molecule has 1 unspecified atom stereocenters. The molecule has 0 aliphatic carbocycles. The van der Waals surface area contributed by atoms with Crippen LogP contribution in [-0.2, 0) is 11.3 Å². The molecule has 1 saturated heterocycles. The second-order valence-electron chi connectivity index (χ2n) is 3.97.